The number of ether oxygens (including phenoxy) is 2. The zero-order valence-electron chi connectivity index (χ0n) is 19.1. The molecule has 0 saturated carbocycles. The monoisotopic (exact) mass is 539 g/mol. The highest BCUT2D eigenvalue weighted by atomic mass is 35.5. The van der Waals surface area contributed by atoms with Crippen LogP contribution in [0, 0.1) is 0 Å². The average Bonchev–Trinajstić information content (AvgIpc) is 2.86. The lowest BCUT2D eigenvalue weighted by atomic mass is 10.1. The number of carbonyl (C=O) groups excluding carboxylic acids is 4. The summed E-state index contributed by atoms with van der Waals surface area (Å²) >= 11 is 12.4. The maximum absolute atomic E-state index is 13.2. The first-order valence-electron chi connectivity index (χ1n) is 10.8. The van der Waals surface area contributed by atoms with E-state index < -0.39 is 30.4 Å². The number of halogens is 2. The van der Waals surface area contributed by atoms with Crippen LogP contribution in [0.25, 0.3) is 6.08 Å². The van der Waals surface area contributed by atoms with Crippen LogP contribution in [0.4, 0.5) is 10.5 Å². The van der Waals surface area contributed by atoms with Crippen molar-refractivity contribution in [3.63, 3.8) is 0 Å². The molecule has 37 heavy (non-hydrogen) atoms. The van der Waals surface area contributed by atoms with Crippen LogP contribution in [0.2, 0.25) is 10.0 Å². The molecule has 0 aromatic heterocycles. The molecule has 188 valence electrons. The number of barbiturate groups is 1. The van der Waals surface area contributed by atoms with Crippen LogP contribution >= 0.6 is 23.2 Å². The number of primary amides is 1. The summed E-state index contributed by atoms with van der Waals surface area (Å²) < 4.78 is 10.9. The van der Waals surface area contributed by atoms with Gasteiger partial charge in [-0.1, -0.05) is 53.5 Å². The van der Waals surface area contributed by atoms with Crippen LogP contribution < -0.4 is 25.4 Å². The van der Waals surface area contributed by atoms with E-state index >= 15 is 0 Å². The predicted molar refractivity (Wildman–Crippen MR) is 137 cm³/mol. The lowest BCUT2D eigenvalue weighted by Gasteiger charge is -2.26. The van der Waals surface area contributed by atoms with Gasteiger partial charge >= 0.3 is 6.03 Å². The SMILES string of the molecule is NC(=O)COc1c(Cl)cc(/C=C2\C(=O)NC(=O)N(c3ccc(OCc4ccccc4)cc3)C2=O)cc1Cl. The number of carbonyl (C=O) groups is 4. The topological polar surface area (TPSA) is 128 Å². The third-order valence-corrected chi connectivity index (χ3v) is 5.70. The number of amides is 5. The Labute approximate surface area is 221 Å². The molecule has 0 unspecified atom stereocenters. The maximum Gasteiger partial charge on any atom is 0.335 e. The van der Waals surface area contributed by atoms with Gasteiger partial charge in [0.15, 0.2) is 12.4 Å². The van der Waals surface area contributed by atoms with Crippen molar-refractivity contribution in [2.45, 2.75) is 6.61 Å². The van der Waals surface area contributed by atoms with Gasteiger partial charge in [-0.3, -0.25) is 19.7 Å². The molecule has 1 heterocycles. The highest BCUT2D eigenvalue weighted by Crippen LogP contribution is 2.35. The summed E-state index contributed by atoms with van der Waals surface area (Å²) in [7, 11) is 0. The van der Waals surface area contributed by atoms with E-state index in [1.54, 1.807) is 12.1 Å². The first-order chi connectivity index (χ1) is 17.7. The van der Waals surface area contributed by atoms with Crippen molar-refractivity contribution in [2.24, 2.45) is 5.73 Å². The van der Waals surface area contributed by atoms with Crippen LogP contribution in [-0.4, -0.2) is 30.4 Å². The summed E-state index contributed by atoms with van der Waals surface area (Å²) in [5.41, 5.74) is 6.26. The van der Waals surface area contributed by atoms with E-state index in [2.05, 4.69) is 5.32 Å². The summed E-state index contributed by atoms with van der Waals surface area (Å²) in [6.45, 7) is -0.0872. The molecule has 0 atom stereocenters. The second-order valence-electron chi connectivity index (χ2n) is 7.79. The standard InChI is InChI=1S/C26H19Cl2N3O6/c27-20-11-16(12-21(28)23(20)37-14-22(29)32)10-19-24(33)30-26(35)31(25(19)34)17-6-8-18(9-7-17)36-13-15-4-2-1-3-5-15/h1-12H,13-14H2,(H2,29,32)(H,30,33,35)/b19-10+. The van der Waals surface area contributed by atoms with E-state index in [0.717, 1.165) is 10.5 Å². The van der Waals surface area contributed by atoms with Gasteiger partial charge in [0.1, 0.15) is 17.9 Å². The Kier molecular flexibility index (Phi) is 7.76. The minimum absolute atomic E-state index is 0.0232. The molecule has 4 rings (SSSR count). The molecule has 11 heteroatoms. The summed E-state index contributed by atoms with van der Waals surface area (Å²) in [5.74, 6) is -1.88. The lowest BCUT2D eigenvalue weighted by molar-refractivity contribution is -0.123. The van der Waals surface area contributed by atoms with Gasteiger partial charge in [-0.25, -0.2) is 9.69 Å². The Morgan fingerprint density at radius 2 is 1.59 bits per heavy atom. The molecule has 1 fully saturated rings. The highest BCUT2D eigenvalue weighted by molar-refractivity contribution is 6.40. The summed E-state index contributed by atoms with van der Waals surface area (Å²) in [6, 6.07) is 17.7. The quantitative estimate of drug-likeness (QED) is 0.327. The van der Waals surface area contributed by atoms with Crippen LogP contribution in [0.15, 0.2) is 72.3 Å². The fraction of sp³-hybridized carbons (Fsp3) is 0.0769. The van der Waals surface area contributed by atoms with Crippen molar-refractivity contribution >= 4 is 58.7 Å². The molecule has 1 aliphatic heterocycles. The van der Waals surface area contributed by atoms with Crippen molar-refractivity contribution in [1.82, 2.24) is 5.32 Å². The van der Waals surface area contributed by atoms with Crippen LogP contribution in [0.1, 0.15) is 11.1 Å². The van der Waals surface area contributed by atoms with Gasteiger partial charge in [-0.15, -0.1) is 0 Å². The van der Waals surface area contributed by atoms with Crippen molar-refractivity contribution in [2.75, 3.05) is 11.5 Å². The highest BCUT2D eigenvalue weighted by Gasteiger charge is 2.36. The third kappa shape index (κ3) is 6.08. The molecule has 3 aromatic carbocycles. The molecular weight excluding hydrogens is 521 g/mol. The molecule has 3 aromatic rings. The first-order valence-corrected chi connectivity index (χ1v) is 11.6. The Bertz CT molecular complexity index is 1380. The number of nitrogens with zero attached hydrogens (tertiary/aromatic N) is 1. The summed E-state index contributed by atoms with van der Waals surface area (Å²) in [5, 5.41) is 2.21. The van der Waals surface area contributed by atoms with E-state index in [1.807, 2.05) is 30.3 Å². The molecule has 3 N–H and O–H groups in total. The Morgan fingerprint density at radius 3 is 2.22 bits per heavy atom. The van der Waals surface area contributed by atoms with E-state index in [1.165, 1.54) is 30.3 Å². The van der Waals surface area contributed by atoms with Crippen molar-refractivity contribution in [1.29, 1.82) is 0 Å². The average molecular weight is 540 g/mol. The number of hydrogen-bond acceptors (Lipinski definition) is 6. The van der Waals surface area contributed by atoms with Gasteiger partial charge in [-0.2, -0.15) is 0 Å². The number of benzene rings is 3. The predicted octanol–water partition coefficient (Wildman–Crippen LogP) is 4.10. The first kappa shape index (κ1) is 25.7. The number of nitrogens with two attached hydrogens (primary N) is 1. The summed E-state index contributed by atoms with van der Waals surface area (Å²) in [6.07, 6.45) is 1.24. The number of imide groups is 2. The molecular formula is C26H19Cl2N3O6. The fourth-order valence-electron chi connectivity index (χ4n) is 3.43. The molecule has 0 spiro atoms. The van der Waals surface area contributed by atoms with Gasteiger partial charge in [-0.05, 0) is 53.6 Å². The van der Waals surface area contributed by atoms with Crippen LogP contribution in [-0.2, 0) is 21.0 Å². The van der Waals surface area contributed by atoms with E-state index in [9.17, 15) is 19.2 Å². The normalized spacial score (nSPS) is 14.5. The molecule has 5 amide bonds. The van der Waals surface area contributed by atoms with Gasteiger partial charge in [0.2, 0.25) is 0 Å². The minimum atomic E-state index is -0.892. The van der Waals surface area contributed by atoms with Crippen LogP contribution in [0.3, 0.4) is 0 Å². The third-order valence-electron chi connectivity index (χ3n) is 5.14. The van der Waals surface area contributed by atoms with Crippen molar-refractivity contribution in [3.05, 3.63) is 93.5 Å². The largest absolute Gasteiger partial charge is 0.489 e. The number of urea groups is 1. The summed E-state index contributed by atoms with van der Waals surface area (Å²) in [4.78, 5) is 49.9. The van der Waals surface area contributed by atoms with Gasteiger partial charge in [0.25, 0.3) is 17.7 Å². The molecule has 0 bridgehead atoms. The van der Waals surface area contributed by atoms with E-state index in [-0.39, 0.29) is 27.1 Å². The fourth-order valence-corrected chi connectivity index (χ4v) is 4.05. The second-order valence-corrected chi connectivity index (χ2v) is 8.61. The number of anilines is 1. The number of nitrogens with one attached hydrogen (secondary N) is 1. The van der Waals surface area contributed by atoms with Gasteiger partial charge < -0.3 is 15.2 Å². The lowest BCUT2D eigenvalue weighted by Crippen LogP contribution is -2.54. The molecule has 0 radical (unpaired) electrons. The Balaban J connectivity index is 1.54. The molecule has 1 saturated heterocycles. The van der Waals surface area contributed by atoms with Gasteiger partial charge in [0.05, 0.1) is 15.7 Å². The zero-order valence-corrected chi connectivity index (χ0v) is 20.6. The van der Waals surface area contributed by atoms with Crippen molar-refractivity contribution in [3.8, 4) is 11.5 Å². The Hall–Kier alpha value is -4.34. The van der Waals surface area contributed by atoms with Crippen LogP contribution in [0.5, 0.6) is 11.5 Å². The van der Waals surface area contributed by atoms with E-state index in [4.69, 9.17) is 38.4 Å². The maximum atomic E-state index is 13.2. The second kappa shape index (κ2) is 11.2. The number of hydrogen-bond donors (Lipinski definition) is 2. The molecule has 9 nitrogen and oxygen atoms in total. The molecule has 1 aliphatic rings. The van der Waals surface area contributed by atoms with E-state index in [0.29, 0.717) is 17.9 Å². The number of rotatable bonds is 8. The smallest absolute Gasteiger partial charge is 0.335 e. The van der Waals surface area contributed by atoms with Gasteiger partial charge in [0, 0.05) is 0 Å². The minimum Gasteiger partial charge on any atom is -0.489 e. The Morgan fingerprint density at radius 1 is 0.946 bits per heavy atom. The molecule has 0 aliphatic carbocycles. The zero-order chi connectivity index (χ0) is 26.5. The van der Waals surface area contributed by atoms with Crippen molar-refractivity contribution < 1.29 is 28.7 Å².